The topological polar surface area (TPSA) is 41.6 Å². The number of halogens is 3. The Hall–Kier alpha value is -1.76. The molecule has 0 aliphatic carbocycles. The monoisotopic (exact) mass is 344 g/mol. The van der Waals surface area contributed by atoms with Gasteiger partial charge in [-0.3, -0.25) is 0 Å². The van der Waals surface area contributed by atoms with E-state index in [0.717, 1.165) is 12.1 Å². The molecule has 0 aromatic heterocycles. The first-order valence-corrected chi connectivity index (χ1v) is 7.93. The molecule has 0 radical (unpaired) electrons. The molecule has 0 saturated carbocycles. The third-order valence-corrected chi connectivity index (χ3v) is 3.70. The van der Waals surface area contributed by atoms with Crippen LogP contribution in [0.2, 0.25) is 0 Å². The molecule has 1 aliphatic rings. The van der Waals surface area contributed by atoms with Gasteiger partial charge in [-0.1, -0.05) is 18.2 Å². The Morgan fingerprint density at radius 2 is 2.04 bits per heavy atom. The van der Waals surface area contributed by atoms with Crippen LogP contribution in [0.5, 0.6) is 0 Å². The van der Waals surface area contributed by atoms with Gasteiger partial charge in [-0.2, -0.15) is 13.2 Å². The summed E-state index contributed by atoms with van der Waals surface area (Å²) in [5.41, 5.74) is -0.734. The first-order chi connectivity index (χ1) is 11.1. The average molecular weight is 344 g/mol. The van der Waals surface area contributed by atoms with Gasteiger partial charge >= 0.3 is 12.3 Å². The molecule has 1 saturated heterocycles. The van der Waals surface area contributed by atoms with E-state index in [1.165, 1.54) is 6.07 Å². The Bertz CT molecular complexity index is 582. The third-order valence-electron chi connectivity index (χ3n) is 3.70. The van der Waals surface area contributed by atoms with Gasteiger partial charge in [0.1, 0.15) is 5.60 Å². The highest BCUT2D eigenvalue weighted by molar-refractivity contribution is 5.68. The third kappa shape index (κ3) is 5.12. The minimum absolute atomic E-state index is 0.239. The maximum atomic E-state index is 12.8. The summed E-state index contributed by atoms with van der Waals surface area (Å²) in [6, 6.07) is 5.00. The van der Waals surface area contributed by atoms with E-state index in [9.17, 15) is 18.0 Å². The highest BCUT2D eigenvalue weighted by Crippen LogP contribution is 2.30. The Morgan fingerprint density at radius 3 is 2.67 bits per heavy atom. The fourth-order valence-corrected chi connectivity index (χ4v) is 2.65. The number of alkyl halides is 3. The summed E-state index contributed by atoms with van der Waals surface area (Å²) in [6.07, 6.45) is -4.46. The van der Waals surface area contributed by atoms with Crippen LogP contribution in [0.3, 0.4) is 0 Å². The van der Waals surface area contributed by atoms with Crippen LogP contribution in [-0.2, 0) is 17.3 Å². The van der Waals surface area contributed by atoms with Crippen molar-refractivity contribution in [2.45, 2.75) is 45.0 Å². The Balaban J connectivity index is 2.13. The molecule has 2 rings (SSSR count). The fourth-order valence-electron chi connectivity index (χ4n) is 2.65. The molecule has 1 heterocycles. The molecular weight excluding hydrogens is 321 g/mol. The van der Waals surface area contributed by atoms with Crippen molar-refractivity contribution in [3.8, 4) is 0 Å². The van der Waals surface area contributed by atoms with E-state index >= 15 is 0 Å². The van der Waals surface area contributed by atoms with Gasteiger partial charge in [-0.05, 0) is 38.8 Å². The van der Waals surface area contributed by atoms with E-state index in [0.29, 0.717) is 31.6 Å². The maximum Gasteiger partial charge on any atom is 0.416 e. The predicted molar refractivity (Wildman–Crippen MR) is 84.7 cm³/mol. The van der Waals surface area contributed by atoms with Crippen LogP contribution >= 0.6 is 0 Å². The Kier molecular flexibility index (Phi) is 5.42. The first kappa shape index (κ1) is 18.6. The van der Waals surface area contributed by atoms with Gasteiger partial charge in [0.2, 0.25) is 0 Å². The van der Waals surface area contributed by atoms with Crippen molar-refractivity contribution in [1.82, 2.24) is 10.2 Å². The molecule has 7 heteroatoms. The van der Waals surface area contributed by atoms with Crippen molar-refractivity contribution < 1.29 is 22.7 Å². The molecule has 0 bridgehead atoms. The van der Waals surface area contributed by atoms with E-state index in [1.54, 1.807) is 31.7 Å². The molecule has 0 unspecified atom stereocenters. The van der Waals surface area contributed by atoms with Crippen molar-refractivity contribution >= 4 is 6.09 Å². The van der Waals surface area contributed by atoms with E-state index < -0.39 is 23.4 Å². The molecule has 4 nitrogen and oxygen atoms in total. The van der Waals surface area contributed by atoms with E-state index in [1.807, 2.05) is 0 Å². The highest BCUT2D eigenvalue weighted by Gasteiger charge is 2.32. The Morgan fingerprint density at radius 1 is 1.33 bits per heavy atom. The molecule has 0 spiro atoms. The molecule has 1 fully saturated rings. The minimum Gasteiger partial charge on any atom is -0.444 e. The second-order valence-electron chi connectivity index (χ2n) is 6.93. The van der Waals surface area contributed by atoms with Gasteiger partial charge in [-0.25, -0.2) is 4.79 Å². The minimum atomic E-state index is -4.37. The van der Waals surface area contributed by atoms with Crippen LogP contribution in [0.1, 0.15) is 31.9 Å². The zero-order chi connectivity index (χ0) is 18.0. The quantitative estimate of drug-likeness (QED) is 0.893. The summed E-state index contributed by atoms with van der Waals surface area (Å²) in [6.45, 7) is 6.99. The SMILES string of the molecule is CC(C)(C)OC(=O)N1CCNC[C@@H]1Cc1cccc(C(F)(F)F)c1. The summed E-state index contributed by atoms with van der Waals surface area (Å²) >= 11 is 0. The van der Waals surface area contributed by atoms with Gasteiger partial charge in [-0.15, -0.1) is 0 Å². The number of piperazine rings is 1. The smallest absolute Gasteiger partial charge is 0.416 e. The molecule has 24 heavy (non-hydrogen) atoms. The number of benzene rings is 1. The van der Waals surface area contributed by atoms with Gasteiger partial charge in [0.05, 0.1) is 11.6 Å². The molecule has 1 aromatic carbocycles. The second-order valence-corrected chi connectivity index (χ2v) is 6.93. The van der Waals surface area contributed by atoms with Crippen molar-refractivity contribution in [1.29, 1.82) is 0 Å². The van der Waals surface area contributed by atoms with Crippen molar-refractivity contribution in [2.24, 2.45) is 0 Å². The van der Waals surface area contributed by atoms with Crippen LogP contribution in [0, 0.1) is 0 Å². The second kappa shape index (κ2) is 7.01. The average Bonchev–Trinajstić information content (AvgIpc) is 2.45. The van der Waals surface area contributed by atoms with Gasteiger partial charge in [0, 0.05) is 19.6 Å². The lowest BCUT2D eigenvalue weighted by Crippen LogP contribution is -2.55. The largest absolute Gasteiger partial charge is 0.444 e. The lowest BCUT2D eigenvalue weighted by atomic mass is 10.0. The highest BCUT2D eigenvalue weighted by atomic mass is 19.4. The summed E-state index contributed by atoms with van der Waals surface area (Å²) in [7, 11) is 0. The number of carbonyl (C=O) groups excluding carboxylic acids is 1. The van der Waals surface area contributed by atoms with Gasteiger partial charge in [0.15, 0.2) is 0 Å². The number of carbonyl (C=O) groups is 1. The van der Waals surface area contributed by atoms with Crippen LogP contribution < -0.4 is 5.32 Å². The van der Waals surface area contributed by atoms with Crippen molar-refractivity contribution in [3.05, 3.63) is 35.4 Å². The van der Waals surface area contributed by atoms with E-state index in [4.69, 9.17) is 4.74 Å². The maximum absolute atomic E-state index is 12.8. The number of rotatable bonds is 2. The van der Waals surface area contributed by atoms with Gasteiger partial charge < -0.3 is 15.0 Å². The van der Waals surface area contributed by atoms with Crippen molar-refractivity contribution in [3.63, 3.8) is 0 Å². The van der Waals surface area contributed by atoms with Crippen LogP contribution in [-0.4, -0.2) is 42.3 Å². The predicted octanol–water partition coefficient (Wildman–Crippen LogP) is 3.46. The first-order valence-electron chi connectivity index (χ1n) is 7.93. The fraction of sp³-hybridized carbons (Fsp3) is 0.588. The molecule has 1 amide bonds. The molecule has 1 atom stereocenters. The lowest BCUT2D eigenvalue weighted by Gasteiger charge is -2.37. The standard InChI is InChI=1S/C17H23F3N2O2/c1-16(2,3)24-15(23)22-8-7-21-11-14(22)10-12-5-4-6-13(9-12)17(18,19)20/h4-6,9,14,21H,7-8,10-11H2,1-3H3/t14-/m0/s1. The molecular formula is C17H23F3N2O2. The lowest BCUT2D eigenvalue weighted by molar-refractivity contribution is -0.137. The molecule has 1 aliphatic heterocycles. The van der Waals surface area contributed by atoms with Crippen molar-refractivity contribution in [2.75, 3.05) is 19.6 Å². The number of amides is 1. The molecule has 1 aromatic rings. The van der Waals surface area contributed by atoms with Gasteiger partial charge in [0.25, 0.3) is 0 Å². The summed E-state index contributed by atoms with van der Waals surface area (Å²) in [5.74, 6) is 0. The molecule has 1 N–H and O–H groups in total. The van der Waals surface area contributed by atoms with E-state index in [2.05, 4.69) is 5.32 Å². The zero-order valence-electron chi connectivity index (χ0n) is 14.1. The number of nitrogens with zero attached hydrogens (tertiary/aromatic N) is 1. The number of nitrogens with one attached hydrogen (secondary N) is 1. The number of hydrogen-bond acceptors (Lipinski definition) is 3. The van der Waals surface area contributed by atoms with Crippen LogP contribution in [0.4, 0.5) is 18.0 Å². The summed E-state index contributed by atoms with van der Waals surface area (Å²) in [5, 5.41) is 3.18. The van der Waals surface area contributed by atoms with E-state index in [-0.39, 0.29) is 6.04 Å². The number of ether oxygens (including phenoxy) is 1. The number of hydrogen-bond donors (Lipinski definition) is 1. The summed E-state index contributed by atoms with van der Waals surface area (Å²) in [4.78, 5) is 13.9. The zero-order valence-corrected chi connectivity index (χ0v) is 14.1. The summed E-state index contributed by atoms with van der Waals surface area (Å²) < 4.78 is 43.9. The molecule has 134 valence electrons. The van der Waals surface area contributed by atoms with Crippen LogP contribution in [0.15, 0.2) is 24.3 Å². The normalized spacial score (nSPS) is 19.2. The van der Waals surface area contributed by atoms with Crippen LogP contribution in [0.25, 0.3) is 0 Å². The Labute approximate surface area is 140 Å².